The summed E-state index contributed by atoms with van der Waals surface area (Å²) in [6.07, 6.45) is 7.96. The second kappa shape index (κ2) is 10.9. The van der Waals surface area contributed by atoms with Gasteiger partial charge in [-0.3, -0.25) is 4.99 Å². The first-order valence-corrected chi connectivity index (χ1v) is 10.1. The maximum Gasteiger partial charge on any atom is 0.193 e. The molecule has 0 aromatic rings. The minimum Gasteiger partial charge on any atom is -0.378 e. The second-order valence-electron chi connectivity index (χ2n) is 7.11. The maximum atomic E-state index is 5.75. The zero-order valence-electron chi connectivity index (χ0n) is 16.1. The van der Waals surface area contributed by atoms with Crippen molar-refractivity contribution in [2.75, 3.05) is 45.9 Å². The third-order valence-corrected chi connectivity index (χ3v) is 5.28. The highest BCUT2D eigenvalue weighted by atomic mass is 16.5. The van der Waals surface area contributed by atoms with Crippen molar-refractivity contribution in [3.05, 3.63) is 0 Å². The molecule has 2 aliphatic heterocycles. The topological polar surface area (TPSA) is 40.1 Å². The SMILES string of the molecule is CCNC(=NCCCN1CCCCC1C)N1CCC(OCC)CC1. The third kappa shape index (κ3) is 6.25. The van der Waals surface area contributed by atoms with Crippen LogP contribution in [0, 0.1) is 0 Å². The molecule has 140 valence electrons. The van der Waals surface area contributed by atoms with Crippen LogP contribution in [0.1, 0.15) is 59.3 Å². The van der Waals surface area contributed by atoms with E-state index in [9.17, 15) is 0 Å². The highest BCUT2D eigenvalue weighted by Gasteiger charge is 2.21. The van der Waals surface area contributed by atoms with Gasteiger partial charge in [-0.1, -0.05) is 6.42 Å². The molecule has 2 saturated heterocycles. The Morgan fingerprint density at radius 1 is 1.12 bits per heavy atom. The fourth-order valence-corrected chi connectivity index (χ4v) is 3.84. The van der Waals surface area contributed by atoms with Crippen molar-refractivity contribution in [3.63, 3.8) is 0 Å². The van der Waals surface area contributed by atoms with Crippen molar-refractivity contribution >= 4 is 5.96 Å². The zero-order valence-corrected chi connectivity index (χ0v) is 16.1. The lowest BCUT2D eigenvalue weighted by molar-refractivity contribution is 0.0264. The van der Waals surface area contributed by atoms with Crippen LogP contribution in [0.25, 0.3) is 0 Å². The van der Waals surface area contributed by atoms with Gasteiger partial charge in [0.05, 0.1) is 6.10 Å². The van der Waals surface area contributed by atoms with E-state index >= 15 is 0 Å². The fourth-order valence-electron chi connectivity index (χ4n) is 3.84. The van der Waals surface area contributed by atoms with Gasteiger partial charge in [-0.2, -0.15) is 0 Å². The summed E-state index contributed by atoms with van der Waals surface area (Å²) in [7, 11) is 0. The molecule has 0 bridgehead atoms. The van der Waals surface area contributed by atoms with Gasteiger partial charge in [0, 0.05) is 45.4 Å². The van der Waals surface area contributed by atoms with E-state index in [1.54, 1.807) is 0 Å². The molecule has 2 aliphatic rings. The molecule has 2 rings (SSSR count). The van der Waals surface area contributed by atoms with Gasteiger partial charge in [0.2, 0.25) is 0 Å². The quantitative estimate of drug-likeness (QED) is 0.440. The summed E-state index contributed by atoms with van der Waals surface area (Å²) < 4.78 is 5.75. The van der Waals surface area contributed by atoms with Crippen LogP contribution in [0.15, 0.2) is 4.99 Å². The minimum atomic E-state index is 0.440. The van der Waals surface area contributed by atoms with Crippen molar-refractivity contribution in [2.24, 2.45) is 4.99 Å². The first-order chi connectivity index (χ1) is 11.7. The molecule has 1 unspecified atom stereocenters. The molecule has 0 aromatic carbocycles. The van der Waals surface area contributed by atoms with Crippen molar-refractivity contribution in [3.8, 4) is 0 Å². The number of ether oxygens (including phenoxy) is 1. The number of nitrogens with one attached hydrogen (secondary N) is 1. The molecule has 2 heterocycles. The average molecular weight is 339 g/mol. The Labute approximate surface area is 148 Å². The number of hydrogen-bond donors (Lipinski definition) is 1. The van der Waals surface area contributed by atoms with Gasteiger partial charge < -0.3 is 19.9 Å². The van der Waals surface area contributed by atoms with Gasteiger partial charge in [0.25, 0.3) is 0 Å². The van der Waals surface area contributed by atoms with Gasteiger partial charge in [0.1, 0.15) is 0 Å². The number of rotatable bonds is 7. The molecule has 24 heavy (non-hydrogen) atoms. The van der Waals surface area contributed by atoms with Gasteiger partial charge >= 0.3 is 0 Å². The van der Waals surface area contributed by atoms with Crippen molar-refractivity contribution < 1.29 is 4.74 Å². The molecule has 0 radical (unpaired) electrons. The number of guanidine groups is 1. The van der Waals surface area contributed by atoms with Crippen LogP contribution < -0.4 is 5.32 Å². The van der Waals surface area contributed by atoms with Crippen LogP contribution in [-0.4, -0.2) is 73.8 Å². The summed E-state index contributed by atoms with van der Waals surface area (Å²) in [5.41, 5.74) is 0. The molecule has 5 nitrogen and oxygen atoms in total. The summed E-state index contributed by atoms with van der Waals surface area (Å²) in [5, 5.41) is 3.47. The van der Waals surface area contributed by atoms with E-state index in [0.29, 0.717) is 6.10 Å². The Balaban J connectivity index is 1.74. The first-order valence-electron chi connectivity index (χ1n) is 10.1. The van der Waals surface area contributed by atoms with E-state index in [-0.39, 0.29) is 0 Å². The predicted octanol–water partition coefficient (Wildman–Crippen LogP) is 2.72. The number of piperidine rings is 2. The second-order valence-corrected chi connectivity index (χ2v) is 7.11. The Morgan fingerprint density at radius 3 is 2.58 bits per heavy atom. The normalized spacial score (nSPS) is 24.4. The van der Waals surface area contributed by atoms with Crippen molar-refractivity contribution in [1.29, 1.82) is 0 Å². The van der Waals surface area contributed by atoms with Gasteiger partial charge in [0.15, 0.2) is 5.96 Å². The van der Waals surface area contributed by atoms with Gasteiger partial charge in [-0.15, -0.1) is 0 Å². The monoisotopic (exact) mass is 338 g/mol. The van der Waals surface area contributed by atoms with Crippen LogP contribution >= 0.6 is 0 Å². The Morgan fingerprint density at radius 2 is 1.92 bits per heavy atom. The molecule has 2 fully saturated rings. The van der Waals surface area contributed by atoms with Crippen LogP contribution in [0.5, 0.6) is 0 Å². The zero-order chi connectivity index (χ0) is 17.2. The minimum absolute atomic E-state index is 0.440. The average Bonchev–Trinajstić information content (AvgIpc) is 2.60. The van der Waals surface area contributed by atoms with E-state index in [4.69, 9.17) is 9.73 Å². The van der Waals surface area contributed by atoms with E-state index in [1.165, 1.54) is 32.4 Å². The molecule has 0 aliphatic carbocycles. The van der Waals surface area contributed by atoms with Crippen LogP contribution in [0.3, 0.4) is 0 Å². The van der Waals surface area contributed by atoms with Gasteiger partial charge in [-0.05, 0) is 59.4 Å². The molecular weight excluding hydrogens is 300 g/mol. The highest BCUT2D eigenvalue weighted by Crippen LogP contribution is 2.16. The first kappa shape index (κ1) is 19.5. The van der Waals surface area contributed by atoms with E-state index in [0.717, 1.165) is 64.0 Å². The molecule has 5 heteroatoms. The highest BCUT2D eigenvalue weighted by molar-refractivity contribution is 5.80. The molecule has 0 spiro atoms. The summed E-state index contributed by atoms with van der Waals surface area (Å²) >= 11 is 0. The Hall–Kier alpha value is -0.810. The Kier molecular flexibility index (Phi) is 8.89. The number of nitrogens with zero attached hydrogens (tertiary/aromatic N) is 3. The molecule has 1 N–H and O–H groups in total. The summed E-state index contributed by atoms with van der Waals surface area (Å²) in [5.74, 6) is 1.10. The molecule has 1 atom stereocenters. The lowest BCUT2D eigenvalue weighted by atomic mass is 10.0. The van der Waals surface area contributed by atoms with Crippen LogP contribution in [0.2, 0.25) is 0 Å². The molecule has 0 amide bonds. The van der Waals surface area contributed by atoms with Crippen molar-refractivity contribution in [1.82, 2.24) is 15.1 Å². The lowest BCUT2D eigenvalue weighted by Gasteiger charge is -2.34. The van der Waals surface area contributed by atoms with Crippen molar-refractivity contribution in [2.45, 2.75) is 71.4 Å². The fraction of sp³-hybridized carbons (Fsp3) is 0.947. The maximum absolute atomic E-state index is 5.75. The summed E-state index contributed by atoms with van der Waals surface area (Å²) in [6.45, 7) is 13.9. The predicted molar refractivity (Wildman–Crippen MR) is 102 cm³/mol. The van der Waals surface area contributed by atoms with E-state index < -0.39 is 0 Å². The number of aliphatic imine (C=N–C) groups is 1. The third-order valence-electron chi connectivity index (χ3n) is 5.28. The number of likely N-dealkylation sites (tertiary alicyclic amines) is 2. The summed E-state index contributed by atoms with van der Waals surface area (Å²) in [4.78, 5) is 9.93. The van der Waals surface area contributed by atoms with Gasteiger partial charge in [-0.25, -0.2) is 0 Å². The molecular formula is C19H38N4O. The standard InChI is InChI=1S/C19H38N4O/c1-4-20-19(23-15-10-18(11-16-23)24-5-2)21-12-8-14-22-13-7-6-9-17(22)3/h17-18H,4-16H2,1-3H3,(H,20,21). The largest absolute Gasteiger partial charge is 0.378 e. The number of hydrogen-bond acceptors (Lipinski definition) is 3. The molecule has 0 aromatic heterocycles. The van der Waals surface area contributed by atoms with E-state index in [1.807, 2.05) is 0 Å². The summed E-state index contributed by atoms with van der Waals surface area (Å²) in [6, 6.07) is 0.758. The Bertz CT molecular complexity index is 366. The smallest absolute Gasteiger partial charge is 0.193 e. The lowest BCUT2D eigenvalue weighted by Crippen LogP contribution is -2.47. The van der Waals surface area contributed by atoms with Crippen LogP contribution in [-0.2, 0) is 4.74 Å². The van der Waals surface area contributed by atoms with E-state index in [2.05, 4.69) is 35.9 Å². The van der Waals surface area contributed by atoms with Crippen LogP contribution in [0.4, 0.5) is 0 Å². The molecule has 0 saturated carbocycles.